The summed E-state index contributed by atoms with van der Waals surface area (Å²) in [4.78, 5) is 19.2. The number of anilines is 1. The van der Waals surface area contributed by atoms with Crippen LogP contribution in [-0.4, -0.2) is 66.8 Å². The van der Waals surface area contributed by atoms with Crippen LogP contribution in [-0.2, 0) is 7.05 Å². The zero-order valence-corrected chi connectivity index (χ0v) is 21.7. The highest BCUT2D eigenvalue weighted by molar-refractivity contribution is 6.00. The number of aryl methyl sites for hydroxylation is 1. The number of nitrogens with one attached hydrogen (secondary N) is 3. The normalized spacial score (nSPS) is 11.7. The van der Waals surface area contributed by atoms with Crippen molar-refractivity contribution >= 4 is 27.5 Å². The number of likely N-dealkylation sites (N-methyl/N-ethyl adjacent to an activating group) is 1. The number of hydrogen-bond donors (Lipinski definition) is 3. The van der Waals surface area contributed by atoms with Crippen LogP contribution in [0, 0.1) is 12.7 Å². The van der Waals surface area contributed by atoms with Gasteiger partial charge in [0.15, 0.2) is 0 Å². The third-order valence-electron chi connectivity index (χ3n) is 6.79. The molecule has 0 radical (unpaired) electrons. The number of pyridine rings is 2. The molecule has 3 N–H and O–H groups in total. The minimum Gasteiger partial charge on any atom is -0.384 e. The van der Waals surface area contributed by atoms with Crippen molar-refractivity contribution in [3.05, 3.63) is 66.6 Å². The molecule has 38 heavy (non-hydrogen) atoms. The van der Waals surface area contributed by atoms with E-state index in [1.165, 1.54) is 12.1 Å². The van der Waals surface area contributed by atoms with E-state index in [-0.39, 0.29) is 5.82 Å². The predicted molar refractivity (Wildman–Crippen MR) is 148 cm³/mol. The number of fused-ring (bicyclic) bond motifs is 2. The first-order valence-corrected chi connectivity index (χ1v) is 12.4. The Hall–Kier alpha value is -4.57. The molecule has 0 spiro atoms. The molecule has 6 rings (SSSR count). The smallest absolute Gasteiger partial charge is 0.125 e. The van der Waals surface area contributed by atoms with Gasteiger partial charge in [-0.2, -0.15) is 5.10 Å². The molecular formula is C28H28FN9. The molecule has 0 unspecified atom stereocenters. The molecule has 5 heterocycles. The fourth-order valence-corrected chi connectivity index (χ4v) is 4.67. The van der Waals surface area contributed by atoms with E-state index < -0.39 is 0 Å². The van der Waals surface area contributed by atoms with Gasteiger partial charge in [-0.25, -0.2) is 9.37 Å². The van der Waals surface area contributed by atoms with Crippen molar-refractivity contribution in [3.63, 3.8) is 0 Å². The number of rotatable bonds is 7. The summed E-state index contributed by atoms with van der Waals surface area (Å²) >= 11 is 0. The zero-order chi connectivity index (χ0) is 26.4. The van der Waals surface area contributed by atoms with E-state index >= 15 is 0 Å². The number of imidazole rings is 1. The van der Waals surface area contributed by atoms with Crippen LogP contribution in [0.15, 0.2) is 55.0 Å². The maximum atomic E-state index is 14.6. The summed E-state index contributed by atoms with van der Waals surface area (Å²) in [7, 11) is 5.99. The van der Waals surface area contributed by atoms with Crippen LogP contribution in [0.1, 0.15) is 5.82 Å². The van der Waals surface area contributed by atoms with Gasteiger partial charge in [-0.05, 0) is 57.4 Å². The molecule has 0 bridgehead atoms. The molecule has 0 saturated heterocycles. The number of aromatic nitrogens is 7. The fraction of sp³-hybridized carbons (Fsp3) is 0.214. The van der Waals surface area contributed by atoms with E-state index in [2.05, 4.69) is 40.3 Å². The van der Waals surface area contributed by atoms with Crippen molar-refractivity contribution in [3.8, 4) is 34.0 Å². The third kappa shape index (κ3) is 4.28. The quantitative estimate of drug-likeness (QED) is 0.280. The topological polar surface area (TPSA) is 103 Å². The fourth-order valence-electron chi connectivity index (χ4n) is 4.67. The molecule has 6 aromatic rings. The van der Waals surface area contributed by atoms with Gasteiger partial charge in [-0.15, -0.1) is 0 Å². The molecule has 0 aliphatic carbocycles. The summed E-state index contributed by atoms with van der Waals surface area (Å²) in [5.74, 6) is 0.603. The molecule has 0 saturated carbocycles. The van der Waals surface area contributed by atoms with Gasteiger partial charge in [0.1, 0.15) is 17.3 Å². The number of nitrogens with zero attached hydrogens (tertiary/aromatic N) is 6. The molecule has 192 valence electrons. The van der Waals surface area contributed by atoms with Crippen molar-refractivity contribution in [2.45, 2.75) is 6.92 Å². The summed E-state index contributed by atoms with van der Waals surface area (Å²) in [6.45, 7) is 3.52. The lowest BCUT2D eigenvalue weighted by atomic mass is 10.1. The van der Waals surface area contributed by atoms with E-state index in [1.54, 1.807) is 12.4 Å². The first-order chi connectivity index (χ1) is 18.4. The first kappa shape index (κ1) is 23.8. The number of aromatic amines is 2. The molecule has 0 aliphatic rings. The maximum Gasteiger partial charge on any atom is 0.125 e. The first-order valence-electron chi connectivity index (χ1n) is 12.4. The van der Waals surface area contributed by atoms with Crippen LogP contribution in [0.2, 0.25) is 0 Å². The molecule has 0 fully saturated rings. The number of halogens is 1. The van der Waals surface area contributed by atoms with Crippen molar-refractivity contribution in [2.24, 2.45) is 7.05 Å². The Morgan fingerprint density at radius 3 is 2.61 bits per heavy atom. The molecular weight excluding hydrogens is 481 g/mol. The number of H-pyrrole nitrogens is 2. The second-order valence-electron chi connectivity index (χ2n) is 9.70. The summed E-state index contributed by atoms with van der Waals surface area (Å²) in [6.07, 6.45) is 5.35. The van der Waals surface area contributed by atoms with E-state index in [4.69, 9.17) is 0 Å². The Morgan fingerprint density at radius 1 is 0.974 bits per heavy atom. The molecule has 1 aromatic carbocycles. The van der Waals surface area contributed by atoms with Gasteiger partial charge >= 0.3 is 0 Å². The van der Waals surface area contributed by atoms with Gasteiger partial charge in [-0.3, -0.25) is 15.1 Å². The van der Waals surface area contributed by atoms with Crippen molar-refractivity contribution in [2.75, 3.05) is 32.5 Å². The monoisotopic (exact) mass is 509 g/mol. The van der Waals surface area contributed by atoms with Crippen LogP contribution < -0.4 is 5.32 Å². The van der Waals surface area contributed by atoms with Gasteiger partial charge in [0.05, 0.1) is 40.7 Å². The highest BCUT2D eigenvalue weighted by Crippen LogP contribution is 2.34. The standard InChI is InChI=1S/C28H28FN9/c1-16-32-15-26(38(16)4)23-12-21-25(14-33-23)35-36-28(21)24-13-20-22(34-24)5-6-31-27(20)17-9-18(29)11-19(10-17)30-7-8-37(2)3/h5-6,9-15,30,34H,7-8H2,1-4H3,(H,35,36). The van der Waals surface area contributed by atoms with Gasteiger partial charge in [0, 0.05) is 53.9 Å². The van der Waals surface area contributed by atoms with Crippen LogP contribution >= 0.6 is 0 Å². The van der Waals surface area contributed by atoms with E-state index in [0.717, 1.165) is 62.6 Å². The van der Waals surface area contributed by atoms with E-state index in [9.17, 15) is 4.39 Å². The molecule has 9 nitrogen and oxygen atoms in total. The third-order valence-corrected chi connectivity index (χ3v) is 6.79. The summed E-state index contributed by atoms with van der Waals surface area (Å²) in [5.41, 5.74) is 7.21. The largest absolute Gasteiger partial charge is 0.384 e. The highest BCUT2D eigenvalue weighted by atomic mass is 19.1. The van der Waals surface area contributed by atoms with Crippen LogP contribution in [0.4, 0.5) is 10.1 Å². The number of hydrogen-bond acceptors (Lipinski definition) is 6. The molecule has 5 aromatic heterocycles. The van der Waals surface area contributed by atoms with E-state index in [1.807, 2.05) is 63.1 Å². The van der Waals surface area contributed by atoms with Crippen molar-refractivity contribution in [1.29, 1.82) is 0 Å². The van der Waals surface area contributed by atoms with Gasteiger partial charge in [0.25, 0.3) is 0 Å². The second-order valence-corrected chi connectivity index (χ2v) is 9.70. The Kier molecular flexibility index (Phi) is 5.88. The SMILES string of the molecule is Cc1ncc(-c2cc3c(-c4cc5c(-c6cc(F)cc(NCCN(C)C)c6)nccc5[nH]4)n[nH]c3cn2)n1C. The maximum absolute atomic E-state index is 14.6. The summed E-state index contributed by atoms with van der Waals surface area (Å²) < 4.78 is 16.6. The van der Waals surface area contributed by atoms with Crippen LogP contribution in [0.25, 0.3) is 55.8 Å². The highest BCUT2D eigenvalue weighted by Gasteiger charge is 2.17. The minimum atomic E-state index is -0.312. The zero-order valence-electron chi connectivity index (χ0n) is 21.7. The summed E-state index contributed by atoms with van der Waals surface area (Å²) in [6, 6.07) is 10.9. The predicted octanol–water partition coefficient (Wildman–Crippen LogP) is 4.99. The molecule has 0 atom stereocenters. The average molecular weight is 510 g/mol. The Bertz CT molecular complexity index is 1780. The average Bonchev–Trinajstić information content (AvgIpc) is 3.59. The Morgan fingerprint density at radius 2 is 1.82 bits per heavy atom. The second kappa shape index (κ2) is 9.38. The van der Waals surface area contributed by atoms with Crippen molar-refractivity contribution < 1.29 is 4.39 Å². The lowest BCUT2D eigenvalue weighted by Crippen LogP contribution is -2.20. The van der Waals surface area contributed by atoms with E-state index in [0.29, 0.717) is 17.8 Å². The molecule has 0 amide bonds. The number of benzene rings is 1. The van der Waals surface area contributed by atoms with Gasteiger partial charge in [0.2, 0.25) is 0 Å². The van der Waals surface area contributed by atoms with Crippen molar-refractivity contribution in [1.82, 2.24) is 39.6 Å². The van der Waals surface area contributed by atoms with Gasteiger partial charge < -0.3 is 19.8 Å². The minimum absolute atomic E-state index is 0.312. The molecule has 0 aliphatic heterocycles. The molecule has 10 heteroatoms. The lowest BCUT2D eigenvalue weighted by Gasteiger charge is -2.12. The van der Waals surface area contributed by atoms with Crippen LogP contribution in [0.5, 0.6) is 0 Å². The Balaban J connectivity index is 1.41. The van der Waals surface area contributed by atoms with Gasteiger partial charge in [-0.1, -0.05) is 0 Å². The summed E-state index contributed by atoms with van der Waals surface area (Å²) in [5, 5.41) is 12.8. The lowest BCUT2D eigenvalue weighted by molar-refractivity contribution is 0.425. The van der Waals surface area contributed by atoms with Crippen LogP contribution in [0.3, 0.4) is 0 Å². The Labute approximate surface area is 218 Å².